The van der Waals surface area contributed by atoms with Gasteiger partial charge in [0, 0.05) is 17.5 Å². The van der Waals surface area contributed by atoms with Crippen molar-refractivity contribution in [3.05, 3.63) is 47.5 Å². The molecule has 1 aliphatic rings. The molecule has 0 saturated heterocycles. The normalized spacial score (nSPS) is 18.4. The van der Waals surface area contributed by atoms with Crippen LogP contribution in [0.2, 0.25) is 0 Å². The van der Waals surface area contributed by atoms with Gasteiger partial charge in [0.2, 0.25) is 0 Å². The molecule has 6 heteroatoms. The topological polar surface area (TPSA) is 77.1 Å². The summed E-state index contributed by atoms with van der Waals surface area (Å²) in [6.07, 6.45) is 6.53. The Bertz CT molecular complexity index is 822. The average molecular weight is 339 g/mol. The predicted octanol–water partition coefficient (Wildman–Crippen LogP) is 2.80. The Morgan fingerprint density at radius 2 is 2.32 bits per heavy atom. The van der Waals surface area contributed by atoms with E-state index in [0.717, 1.165) is 25.0 Å². The molecule has 1 atom stereocenters. The zero-order valence-electron chi connectivity index (χ0n) is 14.5. The zero-order chi connectivity index (χ0) is 17.9. The Balaban J connectivity index is 2.11. The lowest BCUT2D eigenvalue weighted by Crippen LogP contribution is -2.42. The maximum Gasteiger partial charge on any atom is 0.337 e. The van der Waals surface area contributed by atoms with E-state index in [1.807, 2.05) is 4.57 Å². The third-order valence-corrected chi connectivity index (χ3v) is 4.71. The van der Waals surface area contributed by atoms with E-state index >= 15 is 0 Å². The van der Waals surface area contributed by atoms with Crippen LogP contribution in [-0.4, -0.2) is 29.2 Å². The number of carbonyl (C=O) groups is 1. The van der Waals surface area contributed by atoms with Crippen LogP contribution >= 0.6 is 0 Å². The van der Waals surface area contributed by atoms with Crippen LogP contribution in [0.5, 0.6) is 5.75 Å². The second-order valence-corrected chi connectivity index (χ2v) is 6.13. The van der Waals surface area contributed by atoms with E-state index in [9.17, 15) is 4.79 Å². The number of fused-ring (bicyclic) bond motifs is 1. The molecular formula is C19H21N3O3. The van der Waals surface area contributed by atoms with Crippen LogP contribution in [0.3, 0.4) is 0 Å². The van der Waals surface area contributed by atoms with E-state index in [1.54, 1.807) is 37.8 Å². The van der Waals surface area contributed by atoms with Gasteiger partial charge in [-0.05, 0) is 31.4 Å². The van der Waals surface area contributed by atoms with Crippen molar-refractivity contribution in [1.82, 2.24) is 9.55 Å². The number of hydrogen-bond donors (Lipinski definition) is 0. The molecule has 1 aromatic heterocycles. The number of aromatic nitrogens is 2. The molecule has 0 spiro atoms. The number of aryl methyl sites for hydroxylation is 1. The number of ether oxygens (including phenoxy) is 2. The van der Waals surface area contributed by atoms with Crippen LogP contribution < -0.4 is 4.74 Å². The van der Waals surface area contributed by atoms with Crippen LogP contribution in [0.1, 0.15) is 43.0 Å². The molecule has 2 aromatic rings. The fourth-order valence-corrected chi connectivity index (χ4v) is 3.39. The van der Waals surface area contributed by atoms with Crippen molar-refractivity contribution in [1.29, 1.82) is 5.26 Å². The molecule has 1 aliphatic heterocycles. The monoisotopic (exact) mass is 339 g/mol. The van der Waals surface area contributed by atoms with Crippen molar-refractivity contribution in [2.45, 2.75) is 38.1 Å². The molecule has 1 unspecified atom stereocenters. The summed E-state index contributed by atoms with van der Waals surface area (Å²) in [5.74, 6) is 0.203. The highest BCUT2D eigenvalue weighted by Gasteiger charge is 2.49. The van der Waals surface area contributed by atoms with Gasteiger partial charge in [-0.3, -0.25) is 0 Å². The maximum atomic E-state index is 13.1. The van der Waals surface area contributed by atoms with Crippen molar-refractivity contribution >= 4 is 5.97 Å². The minimum atomic E-state index is -1.00. The first-order chi connectivity index (χ1) is 12.2. The summed E-state index contributed by atoms with van der Waals surface area (Å²) < 4.78 is 13.0. The Kier molecular flexibility index (Phi) is 4.75. The highest BCUT2D eigenvalue weighted by Crippen LogP contribution is 2.43. The van der Waals surface area contributed by atoms with Crippen LogP contribution in [0.15, 0.2) is 30.7 Å². The van der Waals surface area contributed by atoms with Gasteiger partial charge in [-0.15, -0.1) is 0 Å². The predicted molar refractivity (Wildman–Crippen MR) is 91.2 cm³/mol. The quantitative estimate of drug-likeness (QED) is 0.597. The number of esters is 1. The van der Waals surface area contributed by atoms with Gasteiger partial charge >= 0.3 is 5.97 Å². The fraction of sp³-hybridized carbons (Fsp3) is 0.421. The molecule has 0 N–H and O–H groups in total. The van der Waals surface area contributed by atoms with Crippen molar-refractivity contribution < 1.29 is 14.3 Å². The second kappa shape index (κ2) is 6.98. The summed E-state index contributed by atoms with van der Waals surface area (Å²) in [6.45, 7) is 2.44. The first-order valence-electron chi connectivity index (χ1n) is 8.45. The largest absolute Gasteiger partial charge is 0.496 e. The Hall–Kier alpha value is -2.81. The van der Waals surface area contributed by atoms with Gasteiger partial charge in [-0.25, -0.2) is 9.78 Å². The van der Waals surface area contributed by atoms with E-state index in [0.29, 0.717) is 29.9 Å². The number of nitriles is 1. The smallest absolute Gasteiger partial charge is 0.337 e. The summed E-state index contributed by atoms with van der Waals surface area (Å²) in [7, 11) is 1.54. The average Bonchev–Trinajstić information content (AvgIpc) is 3.24. The molecule has 6 nitrogen and oxygen atoms in total. The first kappa shape index (κ1) is 17.0. The number of imidazole rings is 1. The van der Waals surface area contributed by atoms with E-state index in [1.165, 1.54) is 0 Å². The Labute approximate surface area is 147 Å². The lowest BCUT2D eigenvalue weighted by Gasteiger charge is -2.31. The minimum absolute atomic E-state index is 0.305. The molecule has 25 heavy (non-hydrogen) atoms. The third kappa shape index (κ3) is 2.76. The molecule has 0 saturated carbocycles. The highest BCUT2D eigenvalue weighted by atomic mass is 16.5. The second-order valence-electron chi connectivity index (χ2n) is 6.13. The van der Waals surface area contributed by atoms with Crippen molar-refractivity contribution in [3.63, 3.8) is 0 Å². The SMILES string of the molecule is CCCCOC(=O)C1(c2ccc(C#N)cc2OC)CCc2cncn21. The molecular weight excluding hydrogens is 318 g/mol. The fourth-order valence-electron chi connectivity index (χ4n) is 3.39. The first-order valence-corrected chi connectivity index (χ1v) is 8.45. The molecule has 130 valence electrons. The Morgan fingerprint density at radius 1 is 1.48 bits per heavy atom. The third-order valence-electron chi connectivity index (χ3n) is 4.71. The molecule has 0 bridgehead atoms. The summed E-state index contributed by atoms with van der Waals surface area (Å²) >= 11 is 0. The van der Waals surface area contributed by atoms with Crippen molar-refractivity contribution in [3.8, 4) is 11.8 Å². The van der Waals surface area contributed by atoms with E-state index in [-0.39, 0.29) is 5.97 Å². The van der Waals surface area contributed by atoms with Crippen molar-refractivity contribution in [2.75, 3.05) is 13.7 Å². The van der Waals surface area contributed by atoms with E-state index in [2.05, 4.69) is 18.0 Å². The number of rotatable bonds is 6. The minimum Gasteiger partial charge on any atom is -0.496 e. The van der Waals surface area contributed by atoms with Crippen LogP contribution in [-0.2, 0) is 21.5 Å². The Morgan fingerprint density at radius 3 is 3.04 bits per heavy atom. The van der Waals surface area contributed by atoms with Crippen LogP contribution in [0.4, 0.5) is 0 Å². The maximum absolute atomic E-state index is 13.1. The van der Waals surface area contributed by atoms with Gasteiger partial charge < -0.3 is 14.0 Å². The van der Waals surface area contributed by atoms with Gasteiger partial charge in [0.1, 0.15) is 5.75 Å². The molecule has 3 rings (SSSR count). The zero-order valence-corrected chi connectivity index (χ0v) is 14.5. The summed E-state index contributed by atoms with van der Waals surface area (Å²) in [4.78, 5) is 17.3. The molecule has 0 radical (unpaired) electrons. The van der Waals surface area contributed by atoms with Crippen LogP contribution in [0.25, 0.3) is 0 Å². The lowest BCUT2D eigenvalue weighted by molar-refractivity contribution is -0.152. The standard InChI is InChI=1S/C19H21N3O3/c1-3-4-9-25-18(23)19(8-7-15-12-21-13-22(15)19)16-6-5-14(11-20)10-17(16)24-2/h5-6,10,12-13H,3-4,7-9H2,1-2H3. The highest BCUT2D eigenvalue weighted by molar-refractivity contribution is 5.85. The molecule has 2 heterocycles. The van der Waals surface area contributed by atoms with Crippen LogP contribution in [0, 0.1) is 11.3 Å². The number of hydrogen-bond acceptors (Lipinski definition) is 5. The number of nitrogens with zero attached hydrogens (tertiary/aromatic N) is 3. The number of methoxy groups -OCH3 is 1. The van der Waals surface area contributed by atoms with Gasteiger partial charge in [-0.2, -0.15) is 5.26 Å². The van der Waals surface area contributed by atoms with Gasteiger partial charge in [0.05, 0.1) is 31.7 Å². The summed E-state index contributed by atoms with van der Waals surface area (Å²) in [5, 5.41) is 9.14. The van der Waals surface area contributed by atoms with Crippen molar-refractivity contribution in [2.24, 2.45) is 0 Å². The lowest BCUT2D eigenvalue weighted by atomic mass is 9.86. The summed E-state index contributed by atoms with van der Waals surface area (Å²) in [6, 6.07) is 7.25. The van der Waals surface area contributed by atoms with Gasteiger partial charge in [-0.1, -0.05) is 19.4 Å². The van der Waals surface area contributed by atoms with Gasteiger partial charge in [0.15, 0.2) is 5.54 Å². The number of unbranched alkanes of at least 4 members (excludes halogenated alkanes) is 1. The van der Waals surface area contributed by atoms with E-state index < -0.39 is 5.54 Å². The molecule has 0 fully saturated rings. The number of carbonyl (C=O) groups excluding carboxylic acids is 1. The number of benzene rings is 1. The molecule has 1 aromatic carbocycles. The van der Waals surface area contributed by atoms with Gasteiger partial charge in [0.25, 0.3) is 0 Å². The molecule has 0 aliphatic carbocycles. The summed E-state index contributed by atoms with van der Waals surface area (Å²) in [5.41, 5.74) is 1.17. The molecule has 0 amide bonds. The van der Waals surface area contributed by atoms with E-state index in [4.69, 9.17) is 14.7 Å².